The van der Waals surface area contributed by atoms with Crippen LogP contribution in [0.3, 0.4) is 0 Å². The van der Waals surface area contributed by atoms with Gasteiger partial charge in [0.25, 0.3) is 5.56 Å². The Balaban J connectivity index is 1.02. The molecule has 2 atom stereocenters. The topological polar surface area (TPSA) is 134 Å². The molecule has 14 heteroatoms. The molecule has 2 aliphatic rings. The van der Waals surface area contributed by atoms with Crippen molar-refractivity contribution in [3.8, 4) is 33.4 Å². The van der Waals surface area contributed by atoms with E-state index in [1.165, 1.54) is 4.40 Å². The van der Waals surface area contributed by atoms with Crippen LogP contribution in [0.4, 0.5) is 0 Å². The predicted molar refractivity (Wildman–Crippen MR) is 207 cm³/mol. The molecule has 8 rings (SSSR count). The summed E-state index contributed by atoms with van der Waals surface area (Å²) < 4.78 is 3.36. The van der Waals surface area contributed by atoms with E-state index in [4.69, 9.17) is 39.8 Å². The fourth-order valence-electron chi connectivity index (χ4n) is 7.08. The molecular formula is C39H35Cl3N8O3. The Morgan fingerprint density at radius 1 is 0.698 bits per heavy atom. The molecule has 11 nitrogen and oxygen atoms in total. The first-order chi connectivity index (χ1) is 25.7. The number of fused-ring (bicyclic) bond motifs is 2. The molecule has 0 saturated carbocycles. The van der Waals surface area contributed by atoms with Gasteiger partial charge in [0.05, 0.1) is 15.7 Å². The third-order valence-electron chi connectivity index (χ3n) is 9.88. The van der Waals surface area contributed by atoms with Gasteiger partial charge in [-0.3, -0.25) is 23.2 Å². The summed E-state index contributed by atoms with van der Waals surface area (Å²) in [5.74, 6) is 0.146. The van der Waals surface area contributed by atoms with Crippen LogP contribution in [0, 0.1) is 0 Å². The molecule has 0 spiro atoms. The minimum atomic E-state index is -0.160. The molecule has 0 unspecified atom stereocenters. The third-order valence-corrected chi connectivity index (χ3v) is 11.1. The quantitative estimate of drug-likeness (QED) is 0.126. The minimum Gasteiger partial charge on any atom is -0.352 e. The van der Waals surface area contributed by atoms with Gasteiger partial charge in [-0.2, -0.15) is 0 Å². The Labute approximate surface area is 319 Å². The van der Waals surface area contributed by atoms with Crippen molar-refractivity contribution in [1.29, 1.82) is 0 Å². The number of carbonyl (C=O) groups excluding carboxylic acids is 2. The van der Waals surface area contributed by atoms with Crippen molar-refractivity contribution in [2.24, 2.45) is 0 Å². The van der Waals surface area contributed by atoms with Crippen LogP contribution < -0.4 is 26.8 Å². The number of benzene rings is 2. The van der Waals surface area contributed by atoms with Gasteiger partial charge >= 0.3 is 0 Å². The Bertz CT molecular complexity index is 2460. The second kappa shape index (κ2) is 14.9. The van der Waals surface area contributed by atoms with Gasteiger partial charge in [0, 0.05) is 97.5 Å². The summed E-state index contributed by atoms with van der Waals surface area (Å²) in [7, 11) is 0. The average molecular weight is 770 g/mol. The summed E-state index contributed by atoms with van der Waals surface area (Å²) in [5.41, 5.74) is 7.08. The predicted octanol–water partition coefficient (Wildman–Crippen LogP) is 6.04. The van der Waals surface area contributed by atoms with Crippen LogP contribution in [-0.2, 0) is 22.7 Å². The molecule has 2 aromatic carbocycles. The maximum Gasteiger partial charge on any atom is 0.262 e. The second-order valence-electron chi connectivity index (χ2n) is 13.4. The van der Waals surface area contributed by atoms with Crippen molar-refractivity contribution in [3.63, 3.8) is 0 Å². The van der Waals surface area contributed by atoms with Crippen LogP contribution in [0.5, 0.6) is 0 Å². The summed E-state index contributed by atoms with van der Waals surface area (Å²) in [6, 6.07) is 19.4. The fraction of sp³-hybridized carbons (Fsp3) is 0.256. The van der Waals surface area contributed by atoms with E-state index in [-0.39, 0.29) is 29.5 Å². The van der Waals surface area contributed by atoms with Gasteiger partial charge in [0.2, 0.25) is 11.8 Å². The van der Waals surface area contributed by atoms with Gasteiger partial charge in [-0.15, -0.1) is 0 Å². The van der Waals surface area contributed by atoms with Gasteiger partial charge < -0.3 is 21.3 Å². The van der Waals surface area contributed by atoms with Gasteiger partial charge in [-0.1, -0.05) is 71.2 Å². The number of pyridine rings is 2. The number of carbonyl (C=O) groups is 2. The van der Waals surface area contributed by atoms with Crippen LogP contribution in [0.25, 0.3) is 44.7 Å². The summed E-state index contributed by atoms with van der Waals surface area (Å²) in [4.78, 5) is 45.6. The molecule has 2 saturated heterocycles. The standard InChI is InChI=1S/C39H35Cl3N8O3/c40-36-27(22-12-14-50-32(15-22)45-18-24(39(50)53)17-43-19-25-7-9-34(51)46-25)3-1-5-29(36)30-6-2-4-28(37(30)41)23-11-13-49-33(16-23)48-31(38(49)42)21-44-20-26-8-10-35(52)47-26/h1-6,11-16,18,25-26,43-44H,7-10,17,19-21H2,(H,46,51)(H,47,52)/t25-,26-/m1/s1. The van der Waals surface area contributed by atoms with Gasteiger partial charge in [0.1, 0.15) is 16.4 Å². The van der Waals surface area contributed by atoms with Crippen LogP contribution >= 0.6 is 34.8 Å². The van der Waals surface area contributed by atoms with Crippen LogP contribution in [0.1, 0.15) is 36.9 Å². The van der Waals surface area contributed by atoms with Crippen molar-refractivity contribution in [2.45, 2.75) is 50.9 Å². The summed E-state index contributed by atoms with van der Waals surface area (Å²) in [5, 5.41) is 14.1. The van der Waals surface area contributed by atoms with Crippen molar-refractivity contribution in [1.82, 2.24) is 40.0 Å². The molecule has 2 amide bonds. The molecule has 53 heavy (non-hydrogen) atoms. The highest BCUT2D eigenvalue weighted by Crippen LogP contribution is 2.42. The lowest BCUT2D eigenvalue weighted by molar-refractivity contribution is -0.120. The van der Waals surface area contributed by atoms with Crippen molar-refractivity contribution < 1.29 is 9.59 Å². The Morgan fingerprint density at radius 3 is 1.83 bits per heavy atom. The number of nitrogens with one attached hydrogen (secondary N) is 4. The molecule has 4 N–H and O–H groups in total. The number of imidazole rings is 1. The molecule has 4 aromatic heterocycles. The Morgan fingerprint density at radius 2 is 1.25 bits per heavy atom. The Kier molecular flexibility index (Phi) is 9.93. The fourth-order valence-corrected chi connectivity index (χ4v) is 8.00. The first-order valence-corrected chi connectivity index (χ1v) is 18.6. The molecule has 2 aliphatic heterocycles. The van der Waals surface area contributed by atoms with E-state index < -0.39 is 0 Å². The van der Waals surface area contributed by atoms with E-state index in [9.17, 15) is 14.4 Å². The molecule has 2 fully saturated rings. The van der Waals surface area contributed by atoms with Crippen LogP contribution in [-0.4, -0.2) is 55.8 Å². The second-order valence-corrected chi connectivity index (χ2v) is 14.5. The van der Waals surface area contributed by atoms with E-state index in [0.717, 1.165) is 51.9 Å². The van der Waals surface area contributed by atoms with Crippen LogP contribution in [0.15, 0.2) is 84.0 Å². The molecule has 6 aromatic rings. The zero-order chi connectivity index (χ0) is 36.6. The smallest absolute Gasteiger partial charge is 0.262 e. The Hall–Kier alpha value is -4.78. The number of halogens is 3. The number of hydrogen-bond acceptors (Lipinski definition) is 7. The monoisotopic (exact) mass is 768 g/mol. The van der Waals surface area contributed by atoms with Crippen molar-refractivity contribution >= 4 is 57.9 Å². The highest BCUT2D eigenvalue weighted by Gasteiger charge is 2.22. The lowest BCUT2D eigenvalue weighted by Gasteiger charge is -2.15. The lowest BCUT2D eigenvalue weighted by Crippen LogP contribution is -2.36. The number of hydrogen-bond donors (Lipinski definition) is 4. The summed E-state index contributed by atoms with van der Waals surface area (Å²) in [6.45, 7) is 2.06. The third kappa shape index (κ3) is 7.15. The minimum absolute atomic E-state index is 0.0604. The molecule has 6 heterocycles. The maximum atomic E-state index is 13.3. The number of aromatic nitrogens is 4. The summed E-state index contributed by atoms with van der Waals surface area (Å²) >= 11 is 21.0. The molecular weight excluding hydrogens is 735 g/mol. The zero-order valence-electron chi connectivity index (χ0n) is 28.5. The first kappa shape index (κ1) is 35.3. The van der Waals surface area contributed by atoms with E-state index in [0.29, 0.717) is 71.1 Å². The summed E-state index contributed by atoms with van der Waals surface area (Å²) in [6.07, 6.45) is 7.89. The van der Waals surface area contributed by atoms with Gasteiger partial charge in [0.15, 0.2) is 0 Å². The largest absolute Gasteiger partial charge is 0.352 e. The molecule has 0 radical (unpaired) electrons. The average Bonchev–Trinajstić information content (AvgIpc) is 3.86. The van der Waals surface area contributed by atoms with E-state index in [2.05, 4.69) is 26.3 Å². The molecule has 0 bridgehead atoms. The highest BCUT2D eigenvalue weighted by atomic mass is 35.5. The van der Waals surface area contributed by atoms with Crippen molar-refractivity contribution in [2.75, 3.05) is 13.1 Å². The zero-order valence-corrected chi connectivity index (χ0v) is 30.7. The van der Waals surface area contributed by atoms with E-state index in [1.807, 2.05) is 71.3 Å². The number of amides is 2. The van der Waals surface area contributed by atoms with Crippen LogP contribution in [0.2, 0.25) is 15.2 Å². The first-order valence-electron chi connectivity index (χ1n) is 17.5. The van der Waals surface area contributed by atoms with Gasteiger partial charge in [-0.05, 0) is 48.2 Å². The normalized spacial score (nSPS) is 17.2. The lowest BCUT2D eigenvalue weighted by atomic mass is 9.96. The highest BCUT2D eigenvalue weighted by molar-refractivity contribution is 6.39. The van der Waals surface area contributed by atoms with E-state index >= 15 is 0 Å². The van der Waals surface area contributed by atoms with Crippen molar-refractivity contribution in [3.05, 3.63) is 116 Å². The number of nitrogens with zero attached hydrogens (tertiary/aromatic N) is 4. The molecule has 270 valence electrons. The maximum absolute atomic E-state index is 13.3. The van der Waals surface area contributed by atoms with Gasteiger partial charge in [-0.25, -0.2) is 9.97 Å². The van der Waals surface area contributed by atoms with E-state index in [1.54, 1.807) is 12.4 Å². The molecule has 0 aliphatic carbocycles. The number of rotatable bonds is 11. The SMILES string of the molecule is O=C1CC[C@H](CNCc2nc3cc(-c4cccc(-c5cccc(-c6ccn7c(=O)c(CNC[C@H]8CCC(=O)N8)cnc7c6)c5Cl)c4Cl)ccn3c2Cl)N1.